The fourth-order valence-corrected chi connectivity index (χ4v) is 6.50. The minimum atomic E-state index is -3.60. The van der Waals surface area contributed by atoms with E-state index in [2.05, 4.69) is 4.90 Å². The summed E-state index contributed by atoms with van der Waals surface area (Å²) in [7, 11) is -3.60. The number of carbonyl (C=O) groups is 1. The molecule has 3 aromatic rings. The minimum Gasteiger partial charge on any atom is -0.423 e. The van der Waals surface area contributed by atoms with Crippen LogP contribution >= 0.6 is 11.3 Å². The highest BCUT2D eigenvalue weighted by Crippen LogP contribution is 2.33. The third kappa shape index (κ3) is 4.74. The third-order valence-electron chi connectivity index (χ3n) is 5.88. The van der Waals surface area contributed by atoms with Gasteiger partial charge in [0.2, 0.25) is 10.0 Å². The summed E-state index contributed by atoms with van der Waals surface area (Å²) in [5.41, 5.74) is 1.17. The predicted octanol–water partition coefficient (Wildman–Crippen LogP) is 3.53. The Morgan fingerprint density at radius 2 is 1.70 bits per heavy atom. The second-order valence-electron chi connectivity index (χ2n) is 8.10. The molecule has 0 bridgehead atoms. The van der Waals surface area contributed by atoms with Gasteiger partial charge in [-0.3, -0.25) is 0 Å². The van der Waals surface area contributed by atoms with Gasteiger partial charge in [-0.1, -0.05) is 11.3 Å². The number of carbonyl (C=O) groups excluding carboxylic acids is 1. The summed E-state index contributed by atoms with van der Waals surface area (Å²) in [4.78, 5) is 19.8. The maximum absolute atomic E-state index is 12.7. The van der Waals surface area contributed by atoms with Crippen molar-refractivity contribution in [1.29, 1.82) is 0 Å². The molecule has 3 heterocycles. The van der Waals surface area contributed by atoms with Crippen LogP contribution in [0.15, 0.2) is 47.4 Å². The Hall–Kier alpha value is -2.53. The van der Waals surface area contributed by atoms with Crippen LogP contribution in [0, 0.1) is 0 Å². The first kappa shape index (κ1) is 22.3. The van der Waals surface area contributed by atoms with Crippen LogP contribution in [0.5, 0.6) is 5.75 Å². The van der Waals surface area contributed by atoms with Gasteiger partial charge in [0.05, 0.1) is 33.9 Å². The zero-order valence-corrected chi connectivity index (χ0v) is 19.7. The summed E-state index contributed by atoms with van der Waals surface area (Å²) in [5.74, 6) is -0.100. The molecule has 2 aliphatic heterocycles. The molecule has 33 heavy (non-hydrogen) atoms. The Morgan fingerprint density at radius 1 is 0.970 bits per heavy atom. The Kier molecular flexibility index (Phi) is 6.33. The number of sulfonamides is 1. The molecule has 0 atom stereocenters. The van der Waals surface area contributed by atoms with Gasteiger partial charge in [-0.2, -0.15) is 4.31 Å². The molecule has 0 unspecified atom stereocenters. The number of hydrogen-bond acceptors (Lipinski definition) is 8. The summed E-state index contributed by atoms with van der Waals surface area (Å²) in [6.45, 7) is 3.47. The second-order valence-corrected chi connectivity index (χ2v) is 11.1. The topological polar surface area (TPSA) is 89.0 Å². The fourth-order valence-electron chi connectivity index (χ4n) is 4.04. The maximum Gasteiger partial charge on any atom is 0.343 e. The zero-order valence-electron chi connectivity index (χ0n) is 18.1. The Bertz CT molecular complexity index is 1240. The molecule has 8 nitrogen and oxygen atoms in total. The van der Waals surface area contributed by atoms with Crippen molar-refractivity contribution < 1.29 is 22.7 Å². The molecule has 5 rings (SSSR count). The number of aromatic nitrogens is 1. The number of thiazole rings is 1. The first-order valence-electron chi connectivity index (χ1n) is 11.1. The summed E-state index contributed by atoms with van der Waals surface area (Å²) in [5, 5.41) is 1.00. The van der Waals surface area contributed by atoms with Crippen molar-refractivity contribution in [3.63, 3.8) is 0 Å². The van der Waals surface area contributed by atoms with E-state index in [4.69, 9.17) is 14.5 Å². The zero-order chi connectivity index (χ0) is 22.8. The van der Waals surface area contributed by atoms with Gasteiger partial charge < -0.3 is 14.4 Å². The number of morpholine rings is 1. The van der Waals surface area contributed by atoms with Crippen molar-refractivity contribution in [2.45, 2.75) is 24.2 Å². The van der Waals surface area contributed by atoms with Gasteiger partial charge in [0.25, 0.3) is 0 Å². The quantitative estimate of drug-likeness (QED) is 0.402. The largest absolute Gasteiger partial charge is 0.423 e. The number of ether oxygens (including phenoxy) is 2. The summed E-state index contributed by atoms with van der Waals surface area (Å²) >= 11 is 1.60. The monoisotopic (exact) mass is 487 g/mol. The van der Waals surface area contributed by atoms with Crippen LogP contribution in [-0.2, 0) is 14.8 Å². The van der Waals surface area contributed by atoms with Gasteiger partial charge in [-0.05, 0) is 55.7 Å². The Balaban J connectivity index is 1.28. The molecule has 174 valence electrons. The summed E-state index contributed by atoms with van der Waals surface area (Å²) in [6.07, 6.45) is 3.64. The normalized spacial score (nSPS) is 17.9. The van der Waals surface area contributed by atoms with E-state index in [0.717, 1.165) is 28.4 Å². The van der Waals surface area contributed by atoms with Crippen molar-refractivity contribution in [3.05, 3.63) is 48.0 Å². The van der Waals surface area contributed by atoms with Crippen molar-refractivity contribution in [2.75, 3.05) is 44.3 Å². The lowest BCUT2D eigenvalue weighted by atomic mass is 10.1. The molecule has 0 radical (unpaired) electrons. The van der Waals surface area contributed by atoms with Gasteiger partial charge in [-0.15, -0.1) is 0 Å². The first-order valence-corrected chi connectivity index (χ1v) is 13.3. The highest BCUT2D eigenvalue weighted by Gasteiger charge is 2.26. The van der Waals surface area contributed by atoms with Gasteiger partial charge >= 0.3 is 5.97 Å². The number of rotatable bonds is 5. The van der Waals surface area contributed by atoms with Crippen LogP contribution < -0.4 is 9.64 Å². The average molecular weight is 488 g/mol. The number of benzene rings is 2. The molecular weight excluding hydrogens is 462 g/mol. The first-order chi connectivity index (χ1) is 16.0. The van der Waals surface area contributed by atoms with E-state index in [1.807, 2.05) is 12.1 Å². The number of anilines is 1. The van der Waals surface area contributed by atoms with Gasteiger partial charge in [0.15, 0.2) is 5.13 Å². The minimum absolute atomic E-state index is 0.150. The summed E-state index contributed by atoms with van der Waals surface area (Å²) < 4.78 is 38.6. The lowest BCUT2D eigenvalue weighted by Crippen LogP contribution is -2.40. The molecule has 1 aromatic heterocycles. The van der Waals surface area contributed by atoms with Crippen LogP contribution in [0.1, 0.15) is 29.6 Å². The van der Waals surface area contributed by atoms with E-state index in [-0.39, 0.29) is 10.5 Å². The average Bonchev–Trinajstić information content (AvgIpc) is 3.29. The second kappa shape index (κ2) is 9.38. The number of esters is 1. The highest BCUT2D eigenvalue weighted by molar-refractivity contribution is 7.89. The Morgan fingerprint density at radius 3 is 2.42 bits per heavy atom. The standard InChI is InChI=1S/C23H25N3O5S2/c27-22(17-4-7-19(8-5-17)33(28,29)26-12-14-30-15-13-26)31-18-6-9-20-21(16-18)32-23(24-20)25-10-2-1-3-11-25/h4-9,16H,1-3,10-15H2. The van der Waals surface area contributed by atoms with Crippen molar-refractivity contribution >= 4 is 42.7 Å². The molecule has 0 aliphatic carbocycles. The van der Waals surface area contributed by atoms with E-state index in [1.54, 1.807) is 17.4 Å². The van der Waals surface area contributed by atoms with E-state index >= 15 is 0 Å². The molecule has 2 aliphatic rings. The molecule has 2 aromatic carbocycles. The van der Waals surface area contributed by atoms with E-state index in [1.165, 1.54) is 47.8 Å². The molecular formula is C23H25N3O5S2. The van der Waals surface area contributed by atoms with Crippen LogP contribution in [0.25, 0.3) is 10.2 Å². The van der Waals surface area contributed by atoms with E-state index in [0.29, 0.717) is 32.1 Å². The molecule has 0 spiro atoms. The number of hydrogen-bond donors (Lipinski definition) is 0. The smallest absolute Gasteiger partial charge is 0.343 e. The molecule has 0 saturated carbocycles. The Labute approximate surface area is 196 Å². The van der Waals surface area contributed by atoms with E-state index in [9.17, 15) is 13.2 Å². The lowest BCUT2D eigenvalue weighted by Gasteiger charge is -2.26. The van der Waals surface area contributed by atoms with Crippen LogP contribution in [0.2, 0.25) is 0 Å². The van der Waals surface area contributed by atoms with Crippen LogP contribution in [0.4, 0.5) is 5.13 Å². The molecule has 0 N–H and O–H groups in total. The third-order valence-corrected chi connectivity index (χ3v) is 8.88. The lowest BCUT2D eigenvalue weighted by molar-refractivity contribution is 0.0730. The van der Waals surface area contributed by atoms with Crippen molar-refractivity contribution in [2.24, 2.45) is 0 Å². The molecule has 10 heteroatoms. The SMILES string of the molecule is O=C(Oc1ccc2nc(N3CCCCC3)sc2c1)c1ccc(S(=O)(=O)N2CCOCC2)cc1. The van der Waals surface area contributed by atoms with Gasteiger partial charge in [-0.25, -0.2) is 18.2 Å². The number of fused-ring (bicyclic) bond motifs is 1. The molecule has 0 amide bonds. The van der Waals surface area contributed by atoms with Crippen molar-refractivity contribution in [3.8, 4) is 5.75 Å². The number of piperidine rings is 1. The predicted molar refractivity (Wildman–Crippen MR) is 127 cm³/mol. The molecule has 2 fully saturated rings. The molecule has 2 saturated heterocycles. The van der Waals surface area contributed by atoms with Crippen LogP contribution in [-0.4, -0.2) is 63.1 Å². The highest BCUT2D eigenvalue weighted by atomic mass is 32.2. The fraction of sp³-hybridized carbons (Fsp3) is 0.391. The van der Waals surface area contributed by atoms with E-state index < -0.39 is 16.0 Å². The van der Waals surface area contributed by atoms with Crippen molar-refractivity contribution in [1.82, 2.24) is 9.29 Å². The van der Waals surface area contributed by atoms with Gasteiger partial charge in [0.1, 0.15) is 5.75 Å². The van der Waals surface area contributed by atoms with Gasteiger partial charge in [0, 0.05) is 32.2 Å². The maximum atomic E-state index is 12.7. The van der Waals surface area contributed by atoms with Crippen LogP contribution in [0.3, 0.4) is 0 Å². The number of nitrogens with zero attached hydrogens (tertiary/aromatic N) is 3. The summed E-state index contributed by atoms with van der Waals surface area (Å²) in [6, 6.07) is 11.3.